The van der Waals surface area contributed by atoms with Crippen molar-refractivity contribution in [1.82, 2.24) is 0 Å². The van der Waals surface area contributed by atoms with Crippen molar-refractivity contribution in [1.29, 1.82) is 0 Å². The first kappa shape index (κ1) is 21.0. The number of halogens is 1. The molecule has 0 bridgehead atoms. The maximum absolute atomic E-state index is 12.4. The molecule has 0 radical (unpaired) electrons. The third kappa shape index (κ3) is 5.90. The second-order valence-corrected chi connectivity index (χ2v) is 9.15. The maximum atomic E-state index is 12.4. The van der Waals surface area contributed by atoms with E-state index < -0.39 is 10.0 Å². The Bertz CT molecular complexity index is 1090. The number of carbonyl (C=O) groups excluding carboxylic acids is 2. The summed E-state index contributed by atoms with van der Waals surface area (Å²) >= 11 is 7.14. The molecule has 1 amide bonds. The van der Waals surface area contributed by atoms with Crippen LogP contribution >= 0.6 is 22.9 Å². The fraction of sp³-hybridized carbons (Fsp3) is 0.100. The molecule has 0 aliphatic heterocycles. The summed E-state index contributed by atoms with van der Waals surface area (Å²) in [5, 5.41) is 4.97. The zero-order valence-corrected chi connectivity index (χ0v) is 17.5. The molecule has 29 heavy (non-hydrogen) atoms. The Morgan fingerprint density at radius 1 is 0.897 bits per heavy atom. The molecule has 2 N–H and O–H groups in total. The Morgan fingerprint density at radius 3 is 2.17 bits per heavy atom. The number of anilines is 2. The van der Waals surface area contributed by atoms with Crippen LogP contribution in [0, 0.1) is 0 Å². The average Bonchev–Trinajstić information content (AvgIpc) is 3.23. The predicted molar refractivity (Wildman–Crippen MR) is 115 cm³/mol. The van der Waals surface area contributed by atoms with Gasteiger partial charge in [0.05, 0.1) is 9.77 Å². The standard InChI is InChI=1S/C20H17ClN2O4S2/c21-14-3-5-16(6-4-14)23-29(26,27)17-9-7-15(8-10-17)22-20(25)12-11-18(24)19-2-1-13-28-19/h1-10,13,23H,11-12H2,(H,22,25). The second kappa shape index (κ2) is 9.21. The van der Waals surface area contributed by atoms with Crippen molar-refractivity contribution >= 4 is 56.0 Å². The number of ketones is 1. The molecule has 1 heterocycles. The van der Waals surface area contributed by atoms with Crippen LogP contribution in [0.15, 0.2) is 70.9 Å². The maximum Gasteiger partial charge on any atom is 0.261 e. The summed E-state index contributed by atoms with van der Waals surface area (Å²) in [7, 11) is -3.77. The van der Waals surface area contributed by atoms with Crippen molar-refractivity contribution < 1.29 is 18.0 Å². The average molecular weight is 449 g/mol. The minimum absolute atomic E-state index is 0.0505. The van der Waals surface area contributed by atoms with Crippen LogP contribution in [0.2, 0.25) is 5.02 Å². The molecule has 3 rings (SSSR count). The summed E-state index contributed by atoms with van der Waals surface area (Å²) < 4.78 is 27.3. The summed E-state index contributed by atoms with van der Waals surface area (Å²) in [4.78, 5) is 24.7. The Morgan fingerprint density at radius 2 is 1.55 bits per heavy atom. The largest absolute Gasteiger partial charge is 0.326 e. The van der Waals surface area contributed by atoms with E-state index in [4.69, 9.17) is 11.6 Å². The molecule has 0 unspecified atom stereocenters. The van der Waals surface area contributed by atoms with Crippen LogP contribution in [0.25, 0.3) is 0 Å². The highest BCUT2D eigenvalue weighted by Gasteiger charge is 2.15. The number of Topliss-reactive ketones (excluding diaryl/α,β-unsaturated/α-hetero) is 1. The summed E-state index contributed by atoms with van der Waals surface area (Å²) in [6, 6.07) is 15.6. The van der Waals surface area contributed by atoms with Crippen LogP contribution in [0.5, 0.6) is 0 Å². The summed E-state index contributed by atoms with van der Waals surface area (Å²) in [6.07, 6.45) is 0.165. The van der Waals surface area contributed by atoms with Gasteiger partial charge in [-0.25, -0.2) is 8.42 Å². The third-order valence-corrected chi connectivity index (χ3v) is 6.48. The van der Waals surface area contributed by atoms with Crippen LogP contribution in [0.4, 0.5) is 11.4 Å². The molecule has 0 aliphatic carbocycles. The summed E-state index contributed by atoms with van der Waals surface area (Å²) in [5.41, 5.74) is 0.839. The first-order valence-electron chi connectivity index (χ1n) is 8.58. The highest BCUT2D eigenvalue weighted by atomic mass is 35.5. The van der Waals surface area contributed by atoms with Gasteiger partial charge in [-0.1, -0.05) is 17.7 Å². The predicted octanol–water partition coefficient (Wildman–Crippen LogP) is 4.80. The lowest BCUT2D eigenvalue weighted by atomic mass is 10.2. The van der Waals surface area contributed by atoms with Gasteiger partial charge in [0.15, 0.2) is 5.78 Å². The number of benzene rings is 2. The van der Waals surface area contributed by atoms with Crippen molar-refractivity contribution in [3.63, 3.8) is 0 Å². The van der Waals surface area contributed by atoms with Crippen LogP contribution in [-0.4, -0.2) is 20.1 Å². The molecule has 2 aromatic carbocycles. The van der Waals surface area contributed by atoms with Gasteiger partial charge in [-0.3, -0.25) is 14.3 Å². The van der Waals surface area contributed by atoms with Crippen molar-refractivity contribution in [2.45, 2.75) is 17.7 Å². The number of amides is 1. The number of sulfonamides is 1. The zero-order valence-electron chi connectivity index (χ0n) is 15.1. The van der Waals surface area contributed by atoms with Gasteiger partial charge >= 0.3 is 0 Å². The van der Waals surface area contributed by atoms with Crippen LogP contribution < -0.4 is 10.0 Å². The van der Waals surface area contributed by atoms with Crippen LogP contribution in [0.3, 0.4) is 0 Å². The lowest BCUT2D eigenvalue weighted by Gasteiger charge is -2.09. The van der Waals surface area contributed by atoms with Crippen molar-refractivity contribution in [2.75, 3.05) is 10.0 Å². The van der Waals surface area contributed by atoms with Gasteiger partial charge < -0.3 is 5.32 Å². The molecule has 0 spiro atoms. The van der Waals surface area contributed by atoms with E-state index in [9.17, 15) is 18.0 Å². The second-order valence-electron chi connectivity index (χ2n) is 6.09. The molecule has 1 aromatic heterocycles. The molecule has 0 saturated heterocycles. The van der Waals surface area contributed by atoms with Crippen LogP contribution in [-0.2, 0) is 14.8 Å². The van der Waals surface area contributed by atoms with Gasteiger partial charge in [-0.2, -0.15) is 0 Å². The number of rotatable bonds is 8. The van der Waals surface area contributed by atoms with E-state index in [0.717, 1.165) is 0 Å². The van der Waals surface area contributed by atoms with E-state index in [1.54, 1.807) is 36.4 Å². The topological polar surface area (TPSA) is 92.3 Å². The van der Waals surface area contributed by atoms with Crippen molar-refractivity contribution in [3.8, 4) is 0 Å². The molecule has 0 atom stereocenters. The van der Waals surface area contributed by atoms with Gasteiger partial charge in [-0.15, -0.1) is 11.3 Å². The van der Waals surface area contributed by atoms with E-state index in [2.05, 4.69) is 10.0 Å². The first-order valence-corrected chi connectivity index (χ1v) is 11.3. The summed E-state index contributed by atoms with van der Waals surface area (Å²) in [6.45, 7) is 0. The van der Waals surface area contributed by atoms with Crippen LogP contribution in [0.1, 0.15) is 22.5 Å². The molecule has 0 aliphatic rings. The van der Waals surface area contributed by atoms with Crippen molar-refractivity contribution in [2.24, 2.45) is 0 Å². The normalized spacial score (nSPS) is 11.1. The van der Waals surface area contributed by atoms with Gasteiger partial charge in [0.2, 0.25) is 5.91 Å². The smallest absolute Gasteiger partial charge is 0.261 e. The van der Waals surface area contributed by atoms with E-state index in [1.807, 2.05) is 5.38 Å². The zero-order chi connectivity index (χ0) is 20.9. The monoisotopic (exact) mass is 448 g/mol. The number of nitrogens with one attached hydrogen (secondary N) is 2. The molecule has 6 nitrogen and oxygen atoms in total. The quantitative estimate of drug-likeness (QED) is 0.484. The summed E-state index contributed by atoms with van der Waals surface area (Å²) in [5.74, 6) is -0.394. The number of hydrogen-bond acceptors (Lipinski definition) is 5. The Labute approximate surface area is 177 Å². The lowest BCUT2D eigenvalue weighted by Crippen LogP contribution is -2.14. The minimum atomic E-state index is -3.77. The molecular weight excluding hydrogens is 432 g/mol. The number of thiophene rings is 1. The Hall–Kier alpha value is -2.68. The highest BCUT2D eigenvalue weighted by molar-refractivity contribution is 7.92. The van der Waals surface area contributed by atoms with E-state index >= 15 is 0 Å². The molecule has 9 heteroatoms. The molecular formula is C20H17ClN2O4S2. The van der Waals surface area contributed by atoms with Crippen molar-refractivity contribution in [3.05, 3.63) is 75.9 Å². The van der Waals surface area contributed by atoms with Gasteiger partial charge in [-0.05, 0) is 60.0 Å². The van der Waals surface area contributed by atoms with E-state index in [0.29, 0.717) is 21.3 Å². The third-order valence-electron chi connectivity index (χ3n) is 3.92. The Kier molecular flexibility index (Phi) is 6.68. The Balaban J connectivity index is 1.57. The fourth-order valence-corrected chi connectivity index (χ4v) is 4.34. The van der Waals surface area contributed by atoms with Gasteiger partial charge in [0.1, 0.15) is 0 Å². The SMILES string of the molecule is O=C(CCC(=O)c1cccs1)Nc1ccc(S(=O)(=O)Nc2ccc(Cl)cc2)cc1. The molecule has 3 aromatic rings. The van der Waals surface area contributed by atoms with E-state index in [-0.39, 0.29) is 29.4 Å². The number of carbonyl (C=O) groups is 2. The minimum Gasteiger partial charge on any atom is -0.326 e. The fourth-order valence-electron chi connectivity index (χ4n) is 2.46. The van der Waals surface area contributed by atoms with Gasteiger partial charge in [0.25, 0.3) is 10.0 Å². The first-order chi connectivity index (χ1) is 13.8. The lowest BCUT2D eigenvalue weighted by molar-refractivity contribution is -0.116. The highest BCUT2D eigenvalue weighted by Crippen LogP contribution is 2.20. The van der Waals surface area contributed by atoms with E-state index in [1.165, 1.54) is 35.6 Å². The number of hydrogen-bond donors (Lipinski definition) is 2. The molecule has 0 fully saturated rings. The molecule has 0 saturated carbocycles. The molecule has 150 valence electrons. The van der Waals surface area contributed by atoms with Gasteiger partial charge in [0, 0.05) is 29.2 Å².